The first-order valence-electron chi connectivity index (χ1n) is 3.93. The molecule has 0 unspecified atom stereocenters. The van der Waals surface area contributed by atoms with Crippen LogP contribution in [0.1, 0.15) is 5.56 Å². The van der Waals surface area contributed by atoms with E-state index in [2.05, 4.69) is 9.98 Å². The molecule has 1 aromatic carbocycles. The highest BCUT2D eigenvalue weighted by Gasteiger charge is 2.05. The van der Waals surface area contributed by atoms with E-state index in [-0.39, 0.29) is 0 Å². The molecule has 0 bridgehead atoms. The maximum atomic E-state index is 5.65. The Labute approximate surface area is 81.5 Å². The highest BCUT2D eigenvalue weighted by atomic mass is 35.5. The Balaban J connectivity index is 2.25. The van der Waals surface area contributed by atoms with E-state index in [0.29, 0.717) is 6.67 Å². The van der Waals surface area contributed by atoms with Gasteiger partial charge in [0.15, 0.2) is 5.84 Å². The summed E-state index contributed by atoms with van der Waals surface area (Å²) in [4.78, 5) is 8.29. The zero-order valence-electron chi connectivity index (χ0n) is 6.89. The molecule has 0 radical (unpaired) electrons. The zero-order chi connectivity index (χ0) is 9.10. The first-order valence-corrected chi connectivity index (χ1v) is 4.26. The number of nitrogens with zero attached hydrogens (tertiary/aromatic N) is 3. The van der Waals surface area contributed by atoms with E-state index >= 15 is 0 Å². The van der Waals surface area contributed by atoms with Crippen LogP contribution in [0.2, 0.25) is 0 Å². The standard InChI is InChI=1S/C9H8ClN3/c10-13-6-11-9(12-7-13)8-4-2-1-3-5-8/h1-6H,7H2. The van der Waals surface area contributed by atoms with Gasteiger partial charge in [-0.05, 0) is 0 Å². The monoisotopic (exact) mass is 193 g/mol. The summed E-state index contributed by atoms with van der Waals surface area (Å²) in [5.41, 5.74) is 1.02. The average Bonchev–Trinajstić information content (AvgIpc) is 2.20. The van der Waals surface area contributed by atoms with Crippen molar-refractivity contribution >= 4 is 24.0 Å². The summed E-state index contributed by atoms with van der Waals surface area (Å²) in [5.74, 6) is 0.734. The second-order valence-electron chi connectivity index (χ2n) is 2.63. The fraction of sp³-hybridized carbons (Fsp3) is 0.111. The number of aliphatic imine (C=N–C) groups is 2. The number of hydrogen-bond acceptors (Lipinski definition) is 3. The molecule has 0 saturated heterocycles. The largest absolute Gasteiger partial charge is 0.254 e. The molecule has 2 rings (SSSR count). The van der Waals surface area contributed by atoms with Crippen molar-refractivity contribution in [2.24, 2.45) is 9.98 Å². The Kier molecular flexibility index (Phi) is 2.27. The predicted octanol–water partition coefficient (Wildman–Crippen LogP) is 1.89. The van der Waals surface area contributed by atoms with Crippen LogP contribution in [-0.2, 0) is 0 Å². The van der Waals surface area contributed by atoms with Gasteiger partial charge in [0.05, 0.1) is 0 Å². The number of halogens is 1. The van der Waals surface area contributed by atoms with Crippen LogP contribution < -0.4 is 0 Å². The molecule has 0 fully saturated rings. The molecule has 4 heteroatoms. The first-order chi connectivity index (χ1) is 6.36. The Morgan fingerprint density at radius 1 is 1.23 bits per heavy atom. The molecule has 1 aliphatic rings. The van der Waals surface area contributed by atoms with E-state index in [4.69, 9.17) is 11.8 Å². The third-order valence-corrected chi connectivity index (χ3v) is 1.89. The molecule has 0 N–H and O–H groups in total. The highest BCUT2D eigenvalue weighted by molar-refractivity contribution is 6.20. The maximum absolute atomic E-state index is 5.65. The molecule has 0 amide bonds. The second-order valence-corrected chi connectivity index (χ2v) is 3.07. The van der Waals surface area contributed by atoms with Gasteiger partial charge in [0.25, 0.3) is 0 Å². The quantitative estimate of drug-likeness (QED) is 0.626. The van der Waals surface area contributed by atoms with Gasteiger partial charge in [-0.1, -0.05) is 30.3 Å². The minimum Gasteiger partial charge on any atom is -0.254 e. The Hall–Kier alpha value is -1.35. The van der Waals surface area contributed by atoms with Crippen molar-refractivity contribution < 1.29 is 0 Å². The smallest absolute Gasteiger partial charge is 0.158 e. The van der Waals surface area contributed by atoms with Gasteiger partial charge in [0, 0.05) is 17.3 Å². The normalized spacial score (nSPS) is 15.8. The Morgan fingerprint density at radius 3 is 2.62 bits per heavy atom. The minimum atomic E-state index is 0.454. The van der Waals surface area contributed by atoms with Crippen LogP contribution in [0.3, 0.4) is 0 Å². The molecule has 0 aromatic heterocycles. The van der Waals surface area contributed by atoms with Gasteiger partial charge in [0.1, 0.15) is 13.0 Å². The lowest BCUT2D eigenvalue weighted by Gasteiger charge is -2.12. The summed E-state index contributed by atoms with van der Waals surface area (Å²) < 4.78 is 1.41. The highest BCUT2D eigenvalue weighted by Crippen LogP contribution is 2.06. The van der Waals surface area contributed by atoms with Crippen LogP contribution in [-0.4, -0.2) is 23.3 Å². The van der Waals surface area contributed by atoms with Crippen LogP contribution in [0.25, 0.3) is 0 Å². The Bertz CT molecular complexity index is 345. The summed E-state index contributed by atoms with van der Waals surface area (Å²) in [7, 11) is 0. The van der Waals surface area contributed by atoms with Gasteiger partial charge >= 0.3 is 0 Å². The lowest BCUT2D eigenvalue weighted by atomic mass is 10.2. The van der Waals surface area contributed by atoms with Crippen molar-refractivity contribution in [3.63, 3.8) is 0 Å². The van der Waals surface area contributed by atoms with E-state index in [0.717, 1.165) is 11.4 Å². The molecule has 1 heterocycles. The fourth-order valence-corrected chi connectivity index (χ4v) is 1.18. The number of benzene rings is 1. The lowest BCUT2D eigenvalue weighted by molar-refractivity contribution is 0.683. The van der Waals surface area contributed by atoms with E-state index in [9.17, 15) is 0 Å². The van der Waals surface area contributed by atoms with Gasteiger partial charge in [-0.3, -0.25) is 4.42 Å². The van der Waals surface area contributed by atoms with Gasteiger partial charge < -0.3 is 0 Å². The molecule has 0 aliphatic carbocycles. The van der Waals surface area contributed by atoms with Crippen molar-refractivity contribution in [1.29, 1.82) is 0 Å². The summed E-state index contributed by atoms with van der Waals surface area (Å²) in [6.45, 7) is 0.454. The molecule has 3 nitrogen and oxygen atoms in total. The third-order valence-electron chi connectivity index (χ3n) is 1.69. The van der Waals surface area contributed by atoms with Crippen LogP contribution in [0.5, 0.6) is 0 Å². The van der Waals surface area contributed by atoms with Crippen LogP contribution in [0.15, 0.2) is 40.3 Å². The first kappa shape index (κ1) is 8.26. The molecule has 13 heavy (non-hydrogen) atoms. The third kappa shape index (κ3) is 1.87. The van der Waals surface area contributed by atoms with E-state index in [1.807, 2.05) is 30.3 Å². The summed E-state index contributed by atoms with van der Waals surface area (Å²) in [5, 5.41) is 0. The molecule has 1 aliphatic heterocycles. The number of hydrogen-bond donors (Lipinski definition) is 0. The van der Waals surface area contributed by atoms with Crippen LogP contribution in [0, 0.1) is 0 Å². The van der Waals surface area contributed by atoms with Gasteiger partial charge in [-0.2, -0.15) is 0 Å². The SMILES string of the molecule is ClN1C=NC(c2ccccc2)=NC1. The summed E-state index contributed by atoms with van der Waals surface area (Å²) in [6.07, 6.45) is 1.57. The molecule has 1 aromatic rings. The van der Waals surface area contributed by atoms with Gasteiger partial charge in [-0.25, -0.2) is 9.98 Å². The van der Waals surface area contributed by atoms with Crippen molar-refractivity contribution in [3.8, 4) is 0 Å². The molecule has 0 saturated carbocycles. The van der Waals surface area contributed by atoms with Crippen molar-refractivity contribution in [3.05, 3.63) is 35.9 Å². The molecule has 0 atom stereocenters. The average molecular weight is 194 g/mol. The topological polar surface area (TPSA) is 28.0 Å². The van der Waals surface area contributed by atoms with Crippen LogP contribution >= 0.6 is 11.8 Å². The van der Waals surface area contributed by atoms with E-state index in [1.165, 1.54) is 4.42 Å². The van der Waals surface area contributed by atoms with Gasteiger partial charge in [-0.15, -0.1) is 0 Å². The molecule has 66 valence electrons. The lowest BCUT2D eigenvalue weighted by Crippen LogP contribution is -2.17. The minimum absolute atomic E-state index is 0.454. The molecular weight excluding hydrogens is 186 g/mol. The predicted molar refractivity (Wildman–Crippen MR) is 54.0 cm³/mol. The molecular formula is C9H8ClN3. The Morgan fingerprint density at radius 2 is 2.00 bits per heavy atom. The van der Waals surface area contributed by atoms with Crippen molar-refractivity contribution in [2.75, 3.05) is 6.67 Å². The van der Waals surface area contributed by atoms with E-state index < -0.39 is 0 Å². The number of rotatable bonds is 1. The van der Waals surface area contributed by atoms with Crippen molar-refractivity contribution in [1.82, 2.24) is 4.42 Å². The summed E-state index contributed by atoms with van der Waals surface area (Å²) in [6, 6.07) is 9.82. The summed E-state index contributed by atoms with van der Waals surface area (Å²) >= 11 is 5.65. The second kappa shape index (κ2) is 3.58. The van der Waals surface area contributed by atoms with Crippen molar-refractivity contribution in [2.45, 2.75) is 0 Å². The maximum Gasteiger partial charge on any atom is 0.158 e. The van der Waals surface area contributed by atoms with Crippen LogP contribution in [0.4, 0.5) is 0 Å². The van der Waals surface area contributed by atoms with Gasteiger partial charge in [0.2, 0.25) is 0 Å². The molecule has 0 spiro atoms. The van der Waals surface area contributed by atoms with E-state index in [1.54, 1.807) is 6.34 Å². The number of amidine groups is 1. The fourth-order valence-electron chi connectivity index (χ4n) is 1.08. The zero-order valence-corrected chi connectivity index (χ0v) is 7.65.